The summed E-state index contributed by atoms with van der Waals surface area (Å²) in [4.78, 5) is 13.6. The van der Waals surface area contributed by atoms with Gasteiger partial charge >= 0.3 is 6.09 Å². The van der Waals surface area contributed by atoms with Crippen molar-refractivity contribution in [2.24, 2.45) is 0 Å². The van der Waals surface area contributed by atoms with E-state index in [1.807, 2.05) is 27.8 Å². The van der Waals surface area contributed by atoms with Gasteiger partial charge in [0.05, 0.1) is 6.04 Å². The largest absolute Gasteiger partial charge is 0.444 e. The normalized spacial score (nSPS) is 20.1. The lowest BCUT2D eigenvalue weighted by Gasteiger charge is -2.33. The van der Waals surface area contributed by atoms with Gasteiger partial charge in [0.1, 0.15) is 5.60 Å². The molecule has 0 bridgehead atoms. The Morgan fingerprint density at radius 1 is 1.44 bits per heavy atom. The van der Waals surface area contributed by atoms with Crippen molar-refractivity contribution in [1.29, 1.82) is 0 Å². The molecule has 94 valence electrons. The second-order valence-corrected chi connectivity index (χ2v) is 5.67. The van der Waals surface area contributed by atoms with Gasteiger partial charge in [0.2, 0.25) is 0 Å². The highest BCUT2D eigenvalue weighted by Gasteiger charge is 2.48. The number of ether oxygens (including phenoxy) is 1. The predicted octanol–water partition coefficient (Wildman–Crippen LogP) is 1.99. The fourth-order valence-corrected chi connectivity index (χ4v) is 1.87. The summed E-state index contributed by atoms with van der Waals surface area (Å²) in [6, 6.07) is 0.160. The molecule has 0 saturated heterocycles. The van der Waals surface area contributed by atoms with Gasteiger partial charge in [0, 0.05) is 12.6 Å². The van der Waals surface area contributed by atoms with Gasteiger partial charge in [-0.2, -0.15) is 0 Å². The van der Waals surface area contributed by atoms with E-state index < -0.39 is 5.60 Å². The van der Waals surface area contributed by atoms with Crippen LogP contribution in [0.4, 0.5) is 4.79 Å². The third-order valence-electron chi connectivity index (χ3n) is 3.35. The minimum Gasteiger partial charge on any atom is -0.444 e. The average Bonchev–Trinajstić information content (AvgIpc) is 2.93. The van der Waals surface area contributed by atoms with E-state index in [1.165, 1.54) is 0 Å². The molecule has 0 aromatic heterocycles. The SMILES string of the molecule is CNC1(C(C)N(C)C(=O)OC(C)(C)C)CC1. The van der Waals surface area contributed by atoms with E-state index in [4.69, 9.17) is 4.74 Å². The van der Waals surface area contributed by atoms with Crippen LogP contribution >= 0.6 is 0 Å². The Hall–Kier alpha value is -0.770. The summed E-state index contributed by atoms with van der Waals surface area (Å²) in [6.07, 6.45) is 2.00. The molecule has 1 fully saturated rings. The van der Waals surface area contributed by atoms with Crippen LogP contribution in [0, 0.1) is 0 Å². The van der Waals surface area contributed by atoms with E-state index in [0.29, 0.717) is 0 Å². The maximum atomic E-state index is 11.9. The minimum atomic E-state index is -0.429. The van der Waals surface area contributed by atoms with Gasteiger partial charge in [-0.05, 0) is 47.6 Å². The quantitative estimate of drug-likeness (QED) is 0.803. The molecule has 0 radical (unpaired) electrons. The van der Waals surface area contributed by atoms with Crippen LogP contribution in [-0.2, 0) is 4.74 Å². The second-order valence-electron chi connectivity index (χ2n) is 5.67. The number of carbonyl (C=O) groups is 1. The van der Waals surface area contributed by atoms with Gasteiger partial charge in [0.25, 0.3) is 0 Å². The number of hydrogen-bond donors (Lipinski definition) is 1. The number of likely N-dealkylation sites (N-methyl/N-ethyl adjacent to an activating group) is 2. The summed E-state index contributed by atoms with van der Waals surface area (Å²) >= 11 is 0. The Bertz CT molecular complexity index is 267. The molecule has 1 aliphatic rings. The summed E-state index contributed by atoms with van der Waals surface area (Å²) in [6.45, 7) is 7.71. The van der Waals surface area contributed by atoms with Crippen molar-refractivity contribution in [1.82, 2.24) is 10.2 Å². The van der Waals surface area contributed by atoms with Gasteiger partial charge in [-0.1, -0.05) is 0 Å². The zero-order chi connectivity index (χ0) is 12.6. The summed E-state index contributed by atoms with van der Waals surface area (Å²) < 4.78 is 5.35. The van der Waals surface area contributed by atoms with Crippen LogP contribution in [0.2, 0.25) is 0 Å². The van der Waals surface area contributed by atoms with Gasteiger partial charge in [0.15, 0.2) is 0 Å². The molecule has 16 heavy (non-hydrogen) atoms. The highest BCUT2D eigenvalue weighted by molar-refractivity contribution is 5.68. The number of carbonyl (C=O) groups excluding carboxylic acids is 1. The predicted molar refractivity (Wildman–Crippen MR) is 64.5 cm³/mol. The molecule has 1 atom stereocenters. The van der Waals surface area contributed by atoms with E-state index in [1.54, 1.807) is 11.9 Å². The Morgan fingerprint density at radius 3 is 2.25 bits per heavy atom. The Balaban J connectivity index is 2.57. The molecule has 0 aromatic carbocycles. The lowest BCUT2D eigenvalue weighted by atomic mass is 10.1. The first-order valence-corrected chi connectivity index (χ1v) is 5.86. The third kappa shape index (κ3) is 2.88. The third-order valence-corrected chi connectivity index (χ3v) is 3.35. The number of amides is 1. The maximum absolute atomic E-state index is 11.9. The van der Waals surface area contributed by atoms with Gasteiger partial charge in [-0.25, -0.2) is 4.79 Å². The molecule has 1 unspecified atom stereocenters. The molecule has 4 heteroatoms. The summed E-state index contributed by atoms with van der Waals surface area (Å²) in [7, 11) is 3.75. The van der Waals surface area contributed by atoms with Crippen molar-refractivity contribution >= 4 is 6.09 Å². The van der Waals surface area contributed by atoms with Crippen LogP contribution in [0.1, 0.15) is 40.5 Å². The van der Waals surface area contributed by atoms with Crippen LogP contribution in [0.25, 0.3) is 0 Å². The summed E-state index contributed by atoms with van der Waals surface area (Å²) in [5, 5.41) is 3.30. The molecule has 4 nitrogen and oxygen atoms in total. The molecule has 0 aromatic rings. The molecular weight excluding hydrogens is 204 g/mol. The van der Waals surface area contributed by atoms with Crippen molar-refractivity contribution in [3.8, 4) is 0 Å². The molecule has 1 aliphatic carbocycles. The minimum absolute atomic E-state index is 0.103. The van der Waals surface area contributed by atoms with Crippen molar-refractivity contribution in [3.05, 3.63) is 0 Å². The van der Waals surface area contributed by atoms with Crippen molar-refractivity contribution in [2.45, 2.75) is 57.7 Å². The average molecular weight is 228 g/mol. The molecule has 0 aliphatic heterocycles. The van der Waals surface area contributed by atoms with E-state index in [2.05, 4.69) is 12.2 Å². The fraction of sp³-hybridized carbons (Fsp3) is 0.917. The Labute approximate surface area is 98.3 Å². The van der Waals surface area contributed by atoms with Crippen LogP contribution in [0.15, 0.2) is 0 Å². The lowest BCUT2D eigenvalue weighted by molar-refractivity contribution is 0.0194. The maximum Gasteiger partial charge on any atom is 0.410 e. The number of nitrogens with zero attached hydrogens (tertiary/aromatic N) is 1. The first kappa shape index (κ1) is 13.3. The number of nitrogens with one attached hydrogen (secondary N) is 1. The van der Waals surface area contributed by atoms with Gasteiger partial charge < -0.3 is 15.0 Å². The van der Waals surface area contributed by atoms with E-state index >= 15 is 0 Å². The van der Waals surface area contributed by atoms with Crippen LogP contribution in [-0.4, -0.2) is 42.3 Å². The first-order valence-electron chi connectivity index (χ1n) is 5.86. The van der Waals surface area contributed by atoms with E-state index in [-0.39, 0.29) is 17.7 Å². The van der Waals surface area contributed by atoms with Crippen LogP contribution < -0.4 is 5.32 Å². The van der Waals surface area contributed by atoms with Crippen LogP contribution in [0.5, 0.6) is 0 Å². The first-order chi connectivity index (χ1) is 7.22. The van der Waals surface area contributed by atoms with Crippen molar-refractivity contribution in [3.63, 3.8) is 0 Å². The molecule has 1 amide bonds. The van der Waals surface area contributed by atoms with E-state index in [0.717, 1.165) is 12.8 Å². The second kappa shape index (κ2) is 4.24. The van der Waals surface area contributed by atoms with Gasteiger partial charge in [-0.3, -0.25) is 0 Å². The summed E-state index contributed by atoms with van der Waals surface area (Å²) in [5.41, 5.74) is -0.326. The fourth-order valence-electron chi connectivity index (χ4n) is 1.87. The number of hydrogen-bond acceptors (Lipinski definition) is 3. The zero-order valence-corrected chi connectivity index (χ0v) is 11.3. The Morgan fingerprint density at radius 2 is 1.94 bits per heavy atom. The van der Waals surface area contributed by atoms with Gasteiger partial charge in [-0.15, -0.1) is 0 Å². The zero-order valence-electron chi connectivity index (χ0n) is 11.3. The molecule has 0 spiro atoms. The lowest BCUT2D eigenvalue weighted by Crippen LogP contribution is -2.51. The van der Waals surface area contributed by atoms with Crippen LogP contribution in [0.3, 0.4) is 0 Å². The molecule has 1 N–H and O–H groups in total. The number of rotatable bonds is 3. The molecular formula is C12H24N2O2. The topological polar surface area (TPSA) is 41.6 Å². The monoisotopic (exact) mass is 228 g/mol. The standard InChI is InChI=1S/C12H24N2O2/c1-9(12(13-5)7-8-12)14(6)10(15)16-11(2,3)4/h9,13H,7-8H2,1-6H3. The molecule has 0 heterocycles. The summed E-state index contributed by atoms with van der Waals surface area (Å²) in [5.74, 6) is 0. The van der Waals surface area contributed by atoms with Crippen molar-refractivity contribution < 1.29 is 9.53 Å². The van der Waals surface area contributed by atoms with E-state index in [9.17, 15) is 4.79 Å². The van der Waals surface area contributed by atoms with Crippen molar-refractivity contribution in [2.75, 3.05) is 14.1 Å². The highest BCUT2D eigenvalue weighted by atomic mass is 16.6. The molecule has 1 rings (SSSR count). The molecule has 1 saturated carbocycles. The highest BCUT2D eigenvalue weighted by Crippen LogP contribution is 2.40. The smallest absolute Gasteiger partial charge is 0.410 e. The Kier molecular flexibility index (Phi) is 3.53.